The van der Waals surface area contributed by atoms with E-state index in [2.05, 4.69) is 29.2 Å². The van der Waals surface area contributed by atoms with Crippen LogP contribution in [0.3, 0.4) is 0 Å². The fraction of sp³-hybridized carbons (Fsp3) is 0.929. The lowest BCUT2D eigenvalue weighted by molar-refractivity contribution is -0.140. The molecule has 1 unspecified atom stereocenters. The fourth-order valence-corrected chi connectivity index (χ4v) is 2.73. The van der Waals surface area contributed by atoms with Gasteiger partial charge in [-0.25, -0.2) is 0 Å². The van der Waals surface area contributed by atoms with Gasteiger partial charge in [0.25, 0.3) is 0 Å². The molecule has 2 N–H and O–H groups in total. The minimum absolute atomic E-state index is 0.201. The molecular formula is C14H29N3O2. The van der Waals surface area contributed by atoms with E-state index >= 15 is 0 Å². The van der Waals surface area contributed by atoms with Crippen LogP contribution in [0.2, 0.25) is 0 Å². The van der Waals surface area contributed by atoms with Crippen molar-refractivity contribution in [3.8, 4) is 0 Å². The molecular weight excluding hydrogens is 242 g/mol. The van der Waals surface area contributed by atoms with E-state index in [-0.39, 0.29) is 6.04 Å². The molecule has 5 nitrogen and oxygen atoms in total. The van der Waals surface area contributed by atoms with E-state index in [1.165, 1.54) is 12.8 Å². The van der Waals surface area contributed by atoms with Crippen LogP contribution in [0.1, 0.15) is 26.7 Å². The lowest BCUT2D eigenvalue weighted by atomic mass is 9.96. The van der Waals surface area contributed by atoms with Crippen LogP contribution in [0.5, 0.6) is 0 Å². The molecule has 0 bridgehead atoms. The summed E-state index contributed by atoms with van der Waals surface area (Å²) in [6.07, 6.45) is 2.35. The summed E-state index contributed by atoms with van der Waals surface area (Å²) in [5.74, 6) is 0.0108. The molecule has 1 aliphatic rings. The van der Waals surface area contributed by atoms with E-state index in [1.807, 2.05) is 13.8 Å². The van der Waals surface area contributed by atoms with Gasteiger partial charge >= 0.3 is 5.97 Å². The Morgan fingerprint density at radius 3 is 2.37 bits per heavy atom. The van der Waals surface area contributed by atoms with Crippen molar-refractivity contribution in [1.29, 1.82) is 0 Å². The zero-order valence-electron chi connectivity index (χ0n) is 12.7. The maximum Gasteiger partial charge on any atom is 0.322 e. The third kappa shape index (κ3) is 6.36. The average Bonchev–Trinajstić information content (AvgIpc) is 2.29. The number of nitrogens with one attached hydrogen (secondary N) is 1. The van der Waals surface area contributed by atoms with Gasteiger partial charge < -0.3 is 20.2 Å². The van der Waals surface area contributed by atoms with Gasteiger partial charge in [0, 0.05) is 19.1 Å². The predicted octanol–water partition coefficient (Wildman–Crippen LogP) is 0.711. The highest BCUT2D eigenvalue weighted by Gasteiger charge is 2.25. The summed E-state index contributed by atoms with van der Waals surface area (Å²) < 4.78 is 0. The molecule has 1 rings (SSSR count). The van der Waals surface area contributed by atoms with Gasteiger partial charge in [0.1, 0.15) is 6.04 Å². The maximum absolute atomic E-state index is 11.2. The Hall–Kier alpha value is -0.650. The molecule has 1 atom stereocenters. The van der Waals surface area contributed by atoms with E-state index < -0.39 is 12.0 Å². The molecule has 0 aromatic rings. The van der Waals surface area contributed by atoms with Crippen LogP contribution in [-0.4, -0.2) is 73.2 Å². The number of carboxylic acids is 1. The van der Waals surface area contributed by atoms with E-state index in [1.54, 1.807) is 0 Å². The van der Waals surface area contributed by atoms with E-state index in [0.717, 1.165) is 25.6 Å². The number of piperidine rings is 1. The average molecular weight is 271 g/mol. The molecule has 0 spiro atoms. The Morgan fingerprint density at radius 2 is 1.95 bits per heavy atom. The van der Waals surface area contributed by atoms with Crippen LogP contribution in [0.15, 0.2) is 0 Å². The van der Waals surface area contributed by atoms with Crippen molar-refractivity contribution in [2.24, 2.45) is 5.92 Å². The number of likely N-dealkylation sites (tertiary alicyclic amines) is 1. The fourth-order valence-electron chi connectivity index (χ4n) is 2.73. The summed E-state index contributed by atoms with van der Waals surface area (Å²) in [6, 6.07) is -0.252. The quantitative estimate of drug-likeness (QED) is 0.714. The molecule has 1 aliphatic heterocycles. The Balaban J connectivity index is 2.36. The second kappa shape index (κ2) is 7.82. The van der Waals surface area contributed by atoms with E-state index in [4.69, 9.17) is 0 Å². The van der Waals surface area contributed by atoms with Crippen molar-refractivity contribution >= 4 is 5.97 Å². The highest BCUT2D eigenvalue weighted by molar-refractivity contribution is 5.73. The normalized spacial score (nSPS) is 20.1. The second-order valence-corrected chi connectivity index (χ2v) is 6.22. The minimum atomic E-state index is -0.746. The first-order valence-corrected chi connectivity index (χ1v) is 7.24. The molecule has 0 aromatic heterocycles. The predicted molar refractivity (Wildman–Crippen MR) is 77.4 cm³/mol. The first kappa shape index (κ1) is 16.4. The lowest BCUT2D eigenvalue weighted by Crippen LogP contribution is -2.50. The van der Waals surface area contributed by atoms with Crippen LogP contribution in [0.25, 0.3) is 0 Å². The molecule has 0 radical (unpaired) electrons. The Morgan fingerprint density at radius 1 is 1.37 bits per heavy atom. The van der Waals surface area contributed by atoms with Crippen LogP contribution in [0.4, 0.5) is 0 Å². The molecule has 1 saturated heterocycles. The van der Waals surface area contributed by atoms with Crippen molar-refractivity contribution in [2.75, 3.05) is 40.3 Å². The van der Waals surface area contributed by atoms with Gasteiger partial charge in [-0.3, -0.25) is 4.79 Å². The number of carboxylic acid groups (broad SMARTS) is 1. The number of carbonyl (C=O) groups is 1. The van der Waals surface area contributed by atoms with Gasteiger partial charge in [-0.05, 0) is 45.9 Å². The third-order valence-corrected chi connectivity index (χ3v) is 3.60. The summed E-state index contributed by atoms with van der Waals surface area (Å²) in [6.45, 7) is 7.76. The van der Waals surface area contributed by atoms with E-state index in [0.29, 0.717) is 6.54 Å². The monoisotopic (exact) mass is 271 g/mol. The number of hydrogen-bond donors (Lipinski definition) is 2. The molecule has 0 amide bonds. The minimum Gasteiger partial charge on any atom is -0.480 e. The van der Waals surface area contributed by atoms with Gasteiger partial charge in [-0.15, -0.1) is 0 Å². The van der Waals surface area contributed by atoms with Gasteiger partial charge in [0.15, 0.2) is 0 Å². The summed E-state index contributed by atoms with van der Waals surface area (Å²) in [7, 11) is 4.22. The zero-order valence-corrected chi connectivity index (χ0v) is 12.7. The summed E-state index contributed by atoms with van der Waals surface area (Å²) in [5, 5.41) is 12.3. The SMILES string of the molecule is CC(C)NC(CN1CCC(CN(C)C)CC1)C(=O)O. The van der Waals surface area contributed by atoms with Crippen LogP contribution >= 0.6 is 0 Å². The van der Waals surface area contributed by atoms with Crippen molar-refractivity contribution in [1.82, 2.24) is 15.1 Å². The third-order valence-electron chi connectivity index (χ3n) is 3.60. The smallest absolute Gasteiger partial charge is 0.322 e. The lowest BCUT2D eigenvalue weighted by Gasteiger charge is -2.34. The highest BCUT2D eigenvalue weighted by atomic mass is 16.4. The number of hydrogen-bond acceptors (Lipinski definition) is 4. The van der Waals surface area contributed by atoms with Crippen LogP contribution < -0.4 is 5.32 Å². The summed E-state index contributed by atoms with van der Waals surface area (Å²) in [4.78, 5) is 15.7. The summed E-state index contributed by atoms with van der Waals surface area (Å²) >= 11 is 0. The second-order valence-electron chi connectivity index (χ2n) is 6.22. The standard InChI is InChI=1S/C14H29N3O2/c1-11(2)15-13(14(18)19)10-17-7-5-12(6-8-17)9-16(3)4/h11-13,15H,5-10H2,1-4H3,(H,18,19). The maximum atomic E-state index is 11.2. The molecule has 1 fully saturated rings. The van der Waals surface area contributed by atoms with Crippen molar-refractivity contribution in [3.63, 3.8) is 0 Å². The molecule has 1 heterocycles. The topological polar surface area (TPSA) is 55.8 Å². The molecule has 0 aliphatic carbocycles. The van der Waals surface area contributed by atoms with E-state index in [9.17, 15) is 9.90 Å². The largest absolute Gasteiger partial charge is 0.480 e. The molecule has 5 heteroatoms. The molecule has 0 aromatic carbocycles. The zero-order chi connectivity index (χ0) is 14.4. The van der Waals surface area contributed by atoms with Crippen molar-refractivity contribution in [2.45, 2.75) is 38.8 Å². The van der Waals surface area contributed by atoms with Gasteiger partial charge in [-0.1, -0.05) is 13.8 Å². The Bertz CT molecular complexity index is 274. The van der Waals surface area contributed by atoms with Gasteiger partial charge in [0.2, 0.25) is 0 Å². The van der Waals surface area contributed by atoms with Crippen LogP contribution in [0, 0.1) is 5.92 Å². The Labute approximate surface area is 117 Å². The first-order chi connectivity index (χ1) is 8.88. The number of aliphatic carboxylic acids is 1. The number of rotatable bonds is 7. The molecule has 112 valence electrons. The summed E-state index contributed by atoms with van der Waals surface area (Å²) in [5.41, 5.74) is 0. The first-order valence-electron chi connectivity index (χ1n) is 7.24. The van der Waals surface area contributed by atoms with Crippen LogP contribution in [-0.2, 0) is 4.79 Å². The van der Waals surface area contributed by atoms with Gasteiger partial charge in [0.05, 0.1) is 0 Å². The van der Waals surface area contributed by atoms with Crippen molar-refractivity contribution < 1.29 is 9.90 Å². The number of nitrogens with zero attached hydrogens (tertiary/aromatic N) is 2. The molecule has 0 saturated carbocycles. The van der Waals surface area contributed by atoms with Gasteiger partial charge in [-0.2, -0.15) is 0 Å². The Kier molecular flexibility index (Phi) is 6.75. The highest BCUT2D eigenvalue weighted by Crippen LogP contribution is 2.17. The molecule has 19 heavy (non-hydrogen) atoms. The van der Waals surface area contributed by atoms with Crippen molar-refractivity contribution in [3.05, 3.63) is 0 Å².